The largest absolute Gasteiger partial charge is 0.352 e. The summed E-state index contributed by atoms with van der Waals surface area (Å²) in [6.45, 7) is 4.38. The first-order valence-corrected chi connectivity index (χ1v) is 12.5. The summed E-state index contributed by atoms with van der Waals surface area (Å²) in [5.41, 5.74) is 2.67. The van der Waals surface area contributed by atoms with Crippen molar-refractivity contribution in [2.24, 2.45) is 23.2 Å². The summed E-state index contributed by atoms with van der Waals surface area (Å²) < 4.78 is 0. The van der Waals surface area contributed by atoms with Gasteiger partial charge in [0.15, 0.2) is 5.82 Å². The van der Waals surface area contributed by atoms with Crippen LogP contribution in [-0.2, 0) is 11.2 Å². The van der Waals surface area contributed by atoms with Crippen LogP contribution < -0.4 is 5.32 Å². The standard InChI is InChI=1S/C24H32N4OS/c1-3-16-4-6-20(7-5-16)22-26-23(28-27-22)30-14-21(29)25-15(2)24-11-17-8-18(12-24)10-19(9-17)13-24/h4-7,15,17-19H,3,8-14H2,1-2H3,(H,25,29)(H,26,27,28)/t15-,17?,18?,19?,24?/m1/s1. The lowest BCUT2D eigenvalue weighted by Crippen LogP contribution is -2.56. The zero-order valence-corrected chi connectivity index (χ0v) is 18.8. The van der Waals surface area contributed by atoms with Crippen molar-refractivity contribution in [3.63, 3.8) is 0 Å². The van der Waals surface area contributed by atoms with Crippen LogP contribution in [0.1, 0.15) is 57.9 Å². The fourth-order valence-electron chi connectivity index (χ4n) is 6.61. The number of carbonyl (C=O) groups is 1. The lowest BCUT2D eigenvalue weighted by molar-refractivity contribution is -0.123. The first kappa shape index (κ1) is 20.1. The highest BCUT2D eigenvalue weighted by molar-refractivity contribution is 7.99. The number of carbonyl (C=O) groups excluding carboxylic acids is 1. The molecule has 0 saturated heterocycles. The average molecular weight is 425 g/mol. The minimum absolute atomic E-state index is 0.0990. The van der Waals surface area contributed by atoms with E-state index in [1.807, 2.05) is 0 Å². The molecule has 0 spiro atoms. The number of aromatic nitrogens is 3. The van der Waals surface area contributed by atoms with E-state index in [0.717, 1.165) is 35.6 Å². The van der Waals surface area contributed by atoms with Crippen LogP contribution in [0.4, 0.5) is 0 Å². The monoisotopic (exact) mass is 424 g/mol. The summed E-state index contributed by atoms with van der Waals surface area (Å²) in [4.78, 5) is 17.2. The van der Waals surface area contributed by atoms with Gasteiger partial charge in [-0.25, -0.2) is 4.98 Å². The Morgan fingerprint density at radius 1 is 1.17 bits per heavy atom. The highest BCUT2D eigenvalue weighted by Gasteiger charge is 2.53. The van der Waals surface area contributed by atoms with Crippen LogP contribution in [0.2, 0.25) is 0 Å². The molecule has 6 rings (SSSR count). The van der Waals surface area contributed by atoms with Crippen molar-refractivity contribution >= 4 is 17.7 Å². The van der Waals surface area contributed by atoms with Crippen LogP contribution in [-0.4, -0.2) is 32.9 Å². The molecule has 2 N–H and O–H groups in total. The molecule has 1 heterocycles. The predicted molar refractivity (Wildman–Crippen MR) is 120 cm³/mol. The SMILES string of the molecule is CCc1ccc(-c2nc(SCC(=O)N[C@H](C)C34CC5CC(CC(C5)C3)C4)n[nH]2)cc1. The lowest BCUT2D eigenvalue weighted by Gasteiger charge is -2.59. The topological polar surface area (TPSA) is 70.7 Å². The van der Waals surface area contributed by atoms with Gasteiger partial charge in [-0.15, -0.1) is 5.10 Å². The normalized spacial score (nSPS) is 30.4. The number of nitrogens with zero attached hydrogens (tertiary/aromatic N) is 2. The first-order chi connectivity index (χ1) is 14.5. The molecule has 0 radical (unpaired) electrons. The van der Waals surface area contributed by atoms with Crippen molar-refractivity contribution < 1.29 is 4.79 Å². The third-order valence-electron chi connectivity index (χ3n) is 7.81. The van der Waals surface area contributed by atoms with E-state index in [2.05, 4.69) is 58.6 Å². The summed E-state index contributed by atoms with van der Waals surface area (Å²) in [5, 5.41) is 11.2. The fraction of sp³-hybridized carbons (Fsp3) is 0.625. The number of H-pyrrole nitrogens is 1. The van der Waals surface area contributed by atoms with Crippen molar-refractivity contribution in [1.29, 1.82) is 0 Å². The molecule has 4 fully saturated rings. The maximum Gasteiger partial charge on any atom is 0.230 e. The van der Waals surface area contributed by atoms with Gasteiger partial charge >= 0.3 is 0 Å². The third kappa shape index (κ3) is 3.91. The molecule has 6 heteroatoms. The number of amides is 1. The lowest BCUT2D eigenvalue weighted by atomic mass is 9.48. The number of aromatic amines is 1. The Balaban J connectivity index is 1.15. The van der Waals surface area contributed by atoms with Crippen LogP contribution in [0, 0.1) is 23.2 Å². The molecule has 1 aromatic heterocycles. The van der Waals surface area contributed by atoms with Gasteiger partial charge in [-0.2, -0.15) is 0 Å². The smallest absolute Gasteiger partial charge is 0.230 e. The molecule has 1 aromatic carbocycles. The maximum absolute atomic E-state index is 12.7. The Hall–Kier alpha value is -1.82. The highest BCUT2D eigenvalue weighted by atomic mass is 32.2. The van der Waals surface area contributed by atoms with Crippen molar-refractivity contribution in [1.82, 2.24) is 20.5 Å². The molecule has 30 heavy (non-hydrogen) atoms. The Labute approximate surface area is 183 Å². The van der Waals surface area contributed by atoms with Crippen molar-refractivity contribution in [2.75, 3.05) is 5.75 Å². The number of hydrogen-bond acceptors (Lipinski definition) is 4. The summed E-state index contributed by atoms with van der Waals surface area (Å²) in [6.07, 6.45) is 9.27. The second-order valence-electron chi connectivity index (χ2n) is 9.87. The highest BCUT2D eigenvalue weighted by Crippen LogP contribution is 2.61. The Morgan fingerprint density at radius 3 is 2.40 bits per heavy atom. The van der Waals surface area contributed by atoms with Gasteiger partial charge in [0.1, 0.15) is 0 Å². The van der Waals surface area contributed by atoms with Gasteiger partial charge in [0.2, 0.25) is 11.1 Å². The number of benzene rings is 1. The molecular formula is C24H32N4OS. The van der Waals surface area contributed by atoms with Gasteiger partial charge in [-0.05, 0) is 80.6 Å². The predicted octanol–water partition coefficient (Wildman–Crippen LogP) is 4.85. The van der Waals surface area contributed by atoms with Crippen molar-refractivity contribution in [2.45, 2.75) is 70.0 Å². The summed E-state index contributed by atoms with van der Waals surface area (Å²) >= 11 is 1.41. The minimum Gasteiger partial charge on any atom is -0.352 e. The molecule has 1 amide bonds. The van der Waals surface area contributed by atoms with Gasteiger partial charge in [0.25, 0.3) is 0 Å². The van der Waals surface area contributed by atoms with Crippen molar-refractivity contribution in [3.05, 3.63) is 29.8 Å². The summed E-state index contributed by atoms with van der Waals surface area (Å²) in [5.74, 6) is 3.93. The van der Waals surface area contributed by atoms with E-state index in [4.69, 9.17) is 0 Å². The molecule has 4 bridgehead atoms. The molecule has 0 aliphatic heterocycles. The molecule has 4 saturated carbocycles. The third-order valence-corrected chi connectivity index (χ3v) is 8.66. The fourth-order valence-corrected chi connectivity index (χ4v) is 7.22. The summed E-state index contributed by atoms with van der Waals surface area (Å²) in [6, 6.07) is 8.62. The molecule has 5 nitrogen and oxygen atoms in total. The first-order valence-electron chi connectivity index (χ1n) is 11.5. The van der Waals surface area contributed by atoms with E-state index < -0.39 is 0 Å². The van der Waals surface area contributed by atoms with Gasteiger partial charge in [-0.3, -0.25) is 9.89 Å². The molecule has 2 aromatic rings. The van der Waals surface area contributed by atoms with Crippen LogP contribution in [0.25, 0.3) is 11.4 Å². The Bertz CT molecular complexity index is 871. The molecule has 4 aliphatic carbocycles. The number of nitrogens with one attached hydrogen (secondary N) is 2. The van der Waals surface area contributed by atoms with E-state index >= 15 is 0 Å². The summed E-state index contributed by atoms with van der Waals surface area (Å²) in [7, 11) is 0. The molecule has 1 atom stereocenters. The van der Waals surface area contributed by atoms with Gasteiger partial charge in [0.05, 0.1) is 5.75 Å². The average Bonchev–Trinajstić information content (AvgIpc) is 3.20. The van der Waals surface area contributed by atoms with Crippen LogP contribution >= 0.6 is 11.8 Å². The number of thioether (sulfide) groups is 1. The van der Waals surface area contributed by atoms with Gasteiger partial charge in [0, 0.05) is 11.6 Å². The second kappa shape index (κ2) is 8.03. The molecular weight excluding hydrogens is 392 g/mol. The molecule has 4 aliphatic rings. The van der Waals surface area contributed by atoms with Crippen molar-refractivity contribution in [3.8, 4) is 11.4 Å². The Morgan fingerprint density at radius 2 is 1.80 bits per heavy atom. The van der Waals surface area contributed by atoms with Gasteiger partial charge < -0.3 is 5.32 Å². The quantitative estimate of drug-likeness (QED) is 0.624. The minimum atomic E-state index is 0.0990. The number of rotatable bonds is 7. The van der Waals surface area contributed by atoms with Gasteiger partial charge in [-0.1, -0.05) is 43.0 Å². The second-order valence-corrected chi connectivity index (χ2v) is 10.8. The van der Waals surface area contributed by atoms with E-state index in [0.29, 0.717) is 16.3 Å². The Kier molecular flexibility index (Phi) is 5.38. The zero-order valence-electron chi connectivity index (χ0n) is 18.0. The van der Waals surface area contributed by atoms with E-state index in [9.17, 15) is 4.79 Å². The number of hydrogen-bond donors (Lipinski definition) is 2. The van der Waals surface area contributed by atoms with Crippen LogP contribution in [0.3, 0.4) is 0 Å². The molecule has 0 unspecified atom stereocenters. The zero-order chi connectivity index (χ0) is 20.7. The van der Waals surface area contributed by atoms with E-state index in [-0.39, 0.29) is 11.9 Å². The molecule has 160 valence electrons. The maximum atomic E-state index is 12.7. The van der Waals surface area contributed by atoms with E-state index in [1.165, 1.54) is 55.9 Å². The van der Waals surface area contributed by atoms with Crippen LogP contribution in [0.15, 0.2) is 29.4 Å². The van der Waals surface area contributed by atoms with E-state index in [1.54, 1.807) is 0 Å². The van der Waals surface area contributed by atoms with Crippen LogP contribution in [0.5, 0.6) is 0 Å². The number of aryl methyl sites for hydroxylation is 1.